The monoisotopic (exact) mass is 399 g/mol. The van der Waals surface area contributed by atoms with E-state index >= 15 is 0 Å². The lowest BCUT2D eigenvalue weighted by atomic mass is 10.2. The van der Waals surface area contributed by atoms with Crippen molar-refractivity contribution in [3.63, 3.8) is 0 Å². The molecule has 0 aliphatic rings. The highest BCUT2D eigenvalue weighted by molar-refractivity contribution is 7.99. The van der Waals surface area contributed by atoms with Crippen molar-refractivity contribution in [1.82, 2.24) is 14.8 Å². The minimum absolute atomic E-state index is 0.173. The summed E-state index contributed by atoms with van der Waals surface area (Å²) in [7, 11) is 1.62. The quantitative estimate of drug-likeness (QED) is 0.610. The molecule has 0 saturated heterocycles. The van der Waals surface area contributed by atoms with Crippen LogP contribution in [0.15, 0.2) is 40.9 Å². The van der Waals surface area contributed by atoms with Gasteiger partial charge < -0.3 is 14.6 Å². The number of nitrogens with one attached hydrogen (secondary N) is 1. The first-order valence-corrected chi connectivity index (χ1v) is 10.0. The molecule has 7 nitrogen and oxygen atoms in total. The molecule has 0 spiro atoms. The van der Waals surface area contributed by atoms with E-state index in [9.17, 15) is 4.79 Å². The van der Waals surface area contributed by atoms with E-state index in [0.29, 0.717) is 28.1 Å². The number of para-hydroxylation sites is 1. The van der Waals surface area contributed by atoms with Crippen LogP contribution in [0.2, 0.25) is 0 Å². The topological polar surface area (TPSA) is 92.8 Å². The van der Waals surface area contributed by atoms with Gasteiger partial charge in [-0.25, -0.2) is 0 Å². The van der Waals surface area contributed by atoms with Gasteiger partial charge in [0, 0.05) is 6.54 Å². The third-order valence-electron chi connectivity index (χ3n) is 3.75. The first-order valence-electron chi connectivity index (χ1n) is 8.14. The molecule has 0 atom stereocenters. The van der Waals surface area contributed by atoms with Crippen LogP contribution in [-0.4, -0.2) is 33.5 Å². The van der Waals surface area contributed by atoms with Gasteiger partial charge in [0.2, 0.25) is 5.91 Å². The van der Waals surface area contributed by atoms with Crippen LogP contribution in [0.5, 0.6) is 5.75 Å². The number of anilines is 1. The van der Waals surface area contributed by atoms with Crippen molar-refractivity contribution < 1.29 is 9.53 Å². The Morgan fingerprint density at radius 1 is 1.37 bits per heavy atom. The molecule has 0 bridgehead atoms. The Balaban J connectivity index is 1.74. The average Bonchev–Trinajstić information content (AvgIpc) is 3.32. The van der Waals surface area contributed by atoms with Crippen molar-refractivity contribution in [1.29, 1.82) is 5.26 Å². The molecule has 3 aromatic rings. The summed E-state index contributed by atoms with van der Waals surface area (Å²) in [4.78, 5) is 12.2. The van der Waals surface area contributed by atoms with E-state index in [4.69, 9.17) is 10.00 Å². The summed E-state index contributed by atoms with van der Waals surface area (Å²) in [5, 5.41) is 23.3. The van der Waals surface area contributed by atoms with E-state index in [0.717, 1.165) is 11.3 Å². The summed E-state index contributed by atoms with van der Waals surface area (Å²) in [5.74, 6) is 1.40. The number of hydrogen-bond donors (Lipinski definition) is 1. The highest BCUT2D eigenvalue weighted by Crippen LogP contribution is 2.31. The van der Waals surface area contributed by atoms with Crippen LogP contribution in [0.1, 0.15) is 12.5 Å². The van der Waals surface area contributed by atoms with E-state index in [-0.39, 0.29) is 11.7 Å². The molecule has 27 heavy (non-hydrogen) atoms. The SMILES string of the molecule is CCn1c(SCC(=O)Nc2sccc2C#N)nnc1-c1ccccc1OC. The first kappa shape index (κ1) is 18.9. The highest BCUT2D eigenvalue weighted by atomic mass is 32.2. The van der Waals surface area contributed by atoms with Gasteiger partial charge in [0.25, 0.3) is 0 Å². The van der Waals surface area contributed by atoms with E-state index in [1.807, 2.05) is 35.8 Å². The summed E-state index contributed by atoms with van der Waals surface area (Å²) >= 11 is 2.63. The van der Waals surface area contributed by atoms with E-state index < -0.39 is 0 Å². The Bertz CT molecular complexity index is 990. The van der Waals surface area contributed by atoms with Gasteiger partial charge in [0.15, 0.2) is 11.0 Å². The van der Waals surface area contributed by atoms with Crippen LogP contribution >= 0.6 is 23.1 Å². The minimum atomic E-state index is -0.191. The smallest absolute Gasteiger partial charge is 0.235 e. The molecule has 0 radical (unpaired) electrons. The number of nitriles is 1. The summed E-state index contributed by atoms with van der Waals surface area (Å²) in [6, 6.07) is 11.4. The zero-order valence-corrected chi connectivity index (χ0v) is 16.4. The maximum atomic E-state index is 12.2. The summed E-state index contributed by atoms with van der Waals surface area (Å²) in [6.45, 7) is 2.66. The Morgan fingerprint density at radius 3 is 2.93 bits per heavy atom. The lowest BCUT2D eigenvalue weighted by Gasteiger charge is -2.10. The Morgan fingerprint density at radius 2 is 2.19 bits per heavy atom. The molecule has 2 aromatic heterocycles. The number of methoxy groups -OCH3 is 1. The second kappa shape index (κ2) is 8.70. The fourth-order valence-electron chi connectivity index (χ4n) is 2.50. The molecular formula is C18H17N5O2S2. The van der Waals surface area contributed by atoms with Gasteiger partial charge >= 0.3 is 0 Å². The number of thiophene rings is 1. The molecule has 0 aliphatic carbocycles. The minimum Gasteiger partial charge on any atom is -0.496 e. The third-order valence-corrected chi connectivity index (χ3v) is 5.55. The van der Waals surface area contributed by atoms with Gasteiger partial charge in [-0.05, 0) is 30.5 Å². The summed E-state index contributed by atoms with van der Waals surface area (Å²) in [6.07, 6.45) is 0. The predicted molar refractivity (Wildman–Crippen MR) is 106 cm³/mol. The van der Waals surface area contributed by atoms with Gasteiger partial charge in [-0.2, -0.15) is 5.26 Å². The number of hydrogen-bond acceptors (Lipinski definition) is 7. The molecule has 3 rings (SSSR count). The Labute approximate surface area is 165 Å². The molecule has 9 heteroatoms. The standard InChI is InChI=1S/C18H17N5O2S2/c1-3-23-16(13-6-4-5-7-14(13)25-2)21-22-18(23)27-11-15(24)20-17-12(10-19)8-9-26-17/h4-9H,3,11H2,1-2H3,(H,20,24). The largest absolute Gasteiger partial charge is 0.496 e. The van der Waals surface area contributed by atoms with Crippen molar-refractivity contribution in [2.45, 2.75) is 18.6 Å². The fraction of sp³-hybridized carbons (Fsp3) is 0.222. The second-order valence-corrected chi connectivity index (χ2v) is 7.22. The van der Waals surface area contributed by atoms with Crippen LogP contribution in [0, 0.1) is 11.3 Å². The Hall–Kier alpha value is -2.83. The number of rotatable bonds is 7. The highest BCUT2D eigenvalue weighted by Gasteiger charge is 2.17. The summed E-state index contributed by atoms with van der Waals surface area (Å²) in [5.41, 5.74) is 1.32. The molecule has 2 heterocycles. The molecule has 1 amide bonds. The number of aromatic nitrogens is 3. The zero-order chi connectivity index (χ0) is 19.2. The lowest BCUT2D eigenvalue weighted by molar-refractivity contribution is -0.113. The van der Waals surface area contributed by atoms with E-state index in [2.05, 4.69) is 21.6 Å². The van der Waals surface area contributed by atoms with Crippen molar-refractivity contribution in [3.8, 4) is 23.2 Å². The van der Waals surface area contributed by atoms with Crippen molar-refractivity contribution in [2.24, 2.45) is 0 Å². The molecular weight excluding hydrogens is 382 g/mol. The molecule has 0 fully saturated rings. The number of amides is 1. The van der Waals surface area contributed by atoms with Crippen molar-refractivity contribution in [2.75, 3.05) is 18.2 Å². The molecule has 0 unspecified atom stereocenters. The second-order valence-electron chi connectivity index (χ2n) is 5.36. The van der Waals surface area contributed by atoms with Crippen LogP contribution in [0.25, 0.3) is 11.4 Å². The number of benzene rings is 1. The maximum absolute atomic E-state index is 12.2. The van der Waals surface area contributed by atoms with Crippen LogP contribution < -0.4 is 10.1 Å². The molecule has 0 aliphatic heterocycles. The summed E-state index contributed by atoms with van der Waals surface area (Å²) < 4.78 is 7.36. The normalized spacial score (nSPS) is 10.4. The molecule has 138 valence electrons. The number of carbonyl (C=O) groups excluding carboxylic acids is 1. The number of thioether (sulfide) groups is 1. The average molecular weight is 400 g/mol. The Kier molecular flexibility index (Phi) is 6.11. The number of ether oxygens (including phenoxy) is 1. The first-order chi connectivity index (χ1) is 13.2. The van der Waals surface area contributed by atoms with Crippen LogP contribution in [0.4, 0.5) is 5.00 Å². The maximum Gasteiger partial charge on any atom is 0.235 e. The van der Waals surface area contributed by atoms with Gasteiger partial charge in [-0.3, -0.25) is 4.79 Å². The van der Waals surface area contributed by atoms with E-state index in [1.54, 1.807) is 18.6 Å². The molecule has 1 N–H and O–H groups in total. The number of nitrogens with zero attached hydrogens (tertiary/aromatic N) is 4. The van der Waals surface area contributed by atoms with Crippen molar-refractivity contribution >= 4 is 34.0 Å². The van der Waals surface area contributed by atoms with Gasteiger partial charge in [-0.15, -0.1) is 21.5 Å². The van der Waals surface area contributed by atoms with Gasteiger partial charge in [-0.1, -0.05) is 23.9 Å². The fourth-order valence-corrected chi connectivity index (χ4v) is 4.05. The predicted octanol–water partition coefficient (Wildman–Crippen LogP) is 3.64. The van der Waals surface area contributed by atoms with E-state index in [1.165, 1.54) is 23.1 Å². The lowest BCUT2D eigenvalue weighted by Crippen LogP contribution is -2.14. The zero-order valence-electron chi connectivity index (χ0n) is 14.8. The molecule has 1 aromatic carbocycles. The van der Waals surface area contributed by atoms with Crippen molar-refractivity contribution in [3.05, 3.63) is 41.3 Å². The number of carbonyl (C=O) groups is 1. The third kappa shape index (κ3) is 4.13. The van der Waals surface area contributed by atoms with Gasteiger partial charge in [0.05, 0.1) is 24.0 Å². The van der Waals surface area contributed by atoms with Gasteiger partial charge in [0.1, 0.15) is 16.8 Å². The van der Waals surface area contributed by atoms with Crippen LogP contribution in [-0.2, 0) is 11.3 Å². The molecule has 0 saturated carbocycles. The van der Waals surface area contributed by atoms with Crippen LogP contribution in [0.3, 0.4) is 0 Å².